The molecule has 0 atom stereocenters. The van der Waals surface area contributed by atoms with Crippen LogP contribution >= 0.6 is 0 Å². The Morgan fingerprint density at radius 1 is 1.18 bits per heavy atom. The number of ether oxygens (including phenoxy) is 1. The molecule has 1 amide bonds. The molecule has 2 aliphatic heterocycles. The molecular weight excluding hydrogens is 359 g/mol. The van der Waals surface area contributed by atoms with Crippen molar-refractivity contribution < 1.29 is 32.5 Å². The number of anilines is 1. The van der Waals surface area contributed by atoms with Gasteiger partial charge in [-0.25, -0.2) is 9.78 Å². The minimum absolute atomic E-state index is 0.00954. The lowest BCUT2D eigenvalue weighted by Gasteiger charge is -2.36. The summed E-state index contributed by atoms with van der Waals surface area (Å²) < 4.78 is 101. The van der Waals surface area contributed by atoms with E-state index in [9.17, 15) is 4.79 Å². The van der Waals surface area contributed by atoms with Crippen LogP contribution in [0.1, 0.15) is 62.2 Å². The van der Waals surface area contributed by atoms with Gasteiger partial charge >= 0.3 is 13.2 Å². The molecule has 0 aromatic carbocycles. The molecule has 1 aromatic heterocycles. The van der Waals surface area contributed by atoms with Gasteiger partial charge in [-0.15, -0.1) is 0 Å². The molecule has 0 unspecified atom stereocenters. The van der Waals surface area contributed by atoms with Crippen molar-refractivity contribution in [1.29, 1.82) is 0 Å². The first-order valence-electron chi connectivity index (χ1n) is 13.8. The smallest absolute Gasteiger partial charge is 0.444 e. The van der Waals surface area contributed by atoms with Crippen molar-refractivity contribution >= 4 is 24.6 Å². The fourth-order valence-electron chi connectivity index (χ4n) is 2.22. The third kappa shape index (κ3) is 4.41. The molecule has 0 N–H and O–H groups in total. The van der Waals surface area contributed by atoms with Gasteiger partial charge in [0.05, 0.1) is 36.7 Å². The SMILES string of the molecule is [2H]c1nc([2H])c(N2C([2H])([2H])C([2H])([2H])N(C(=O)OC(C)(C)C)C([2H])([2H])C2([2H])[2H])nc1B1OC(C)(C)C(C)(C)O1. The average Bonchev–Trinajstić information content (AvgIpc) is 2.87. The first-order chi connectivity index (χ1) is 16.7. The van der Waals surface area contributed by atoms with Gasteiger partial charge < -0.3 is 23.8 Å². The van der Waals surface area contributed by atoms with E-state index < -0.39 is 74.2 Å². The Balaban J connectivity index is 2.22. The quantitative estimate of drug-likeness (QED) is 0.701. The van der Waals surface area contributed by atoms with E-state index in [1.54, 1.807) is 27.7 Å². The molecule has 28 heavy (non-hydrogen) atoms. The molecule has 2 fully saturated rings. The van der Waals surface area contributed by atoms with Crippen molar-refractivity contribution in [2.75, 3.05) is 30.9 Å². The van der Waals surface area contributed by atoms with Crippen molar-refractivity contribution in [2.24, 2.45) is 0 Å². The van der Waals surface area contributed by atoms with E-state index in [-0.39, 0.29) is 15.4 Å². The minimum Gasteiger partial charge on any atom is -0.444 e. The molecule has 0 radical (unpaired) electrons. The lowest BCUT2D eigenvalue weighted by molar-refractivity contribution is 0.00578. The number of amides is 1. The molecular formula is C19H31BN4O4. The number of carbonyl (C=O) groups excluding carboxylic acids is 1. The zero-order valence-electron chi connectivity index (χ0n) is 27.0. The van der Waals surface area contributed by atoms with E-state index in [1.807, 2.05) is 0 Å². The van der Waals surface area contributed by atoms with Crippen LogP contribution in [0.5, 0.6) is 0 Å². The third-order valence-electron chi connectivity index (χ3n) is 4.36. The zero-order chi connectivity index (χ0) is 29.7. The second kappa shape index (κ2) is 7.19. The minimum atomic E-state index is -3.55. The van der Waals surface area contributed by atoms with E-state index in [1.165, 1.54) is 20.8 Å². The normalized spacial score (nSPS) is 34.2. The van der Waals surface area contributed by atoms with E-state index in [4.69, 9.17) is 27.8 Å². The first kappa shape index (κ1) is 11.4. The van der Waals surface area contributed by atoms with Gasteiger partial charge in [0.25, 0.3) is 0 Å². The van der Waals surface area contributed by atoms with Crippen LogP contribution in [-0.2, 0) is 14.0 Å². The van der Waals surface area contributed by atoms with Gasteiger partial charge in [-0.3, -0.25) is 4.98 Å². The molecule has 0 bridgehead atoms. The molecule has 0 spiro atoms. The van der Waals surface area contributed by atoms with Gasteiger partial charge in [0.2, 0.25) is 0 Å². The lowest BCUT2D eigenvalue weighted by atomic mass is 9.85. The van der Waals surface area contributed by atoms with Crippen LogP contribution in [0.3, 0.4) is 0 Å². The average molecular weight is 400 g/mol. The fraction of sp³-hybridized carbons (Fsp3) is 0.737. The molecule has 8 nitrogen and oxygen atoms in total. The summed E-state index contributed by atoms with van der Waals surface area (Å²) in [4.78, 5) is 20.4. The maximum atomic E-state index is 12.9. The topological polar surface area (TPSA) is 77.0 Å². The predicted octanol–water partition coefficient (Wildman–Crippen LogP) is 1.83. The van der Waals surface area contributed by atoms with Gasteiger partial charge in [0.15, 0.2) is 0 Å². The van der Waals surface area contributed by atoms with Crippen molar-refractivity contribution in [3.63, 3.8) is 0 Å². The van der Waals surface area contributed by atoms with Crippen molar-refractivity contribution in [3.8, 4) is 0 Å². The number of hydrogen-bond acceptors (Lipinski definition) is 7. The van der Waals surface area contributed by atoms with Crippen LogP contribution in [0.25, 0.3) is 0 Å². The van der Waals surface area contributed by atoms with Crippen LogP contribution < -0.4 is 10.5 Å². The van der Waals surface area contributed by atoms with Gasteiger partial charge in [-0.05, 0) is 48.5 Å². The standard InChI is InChI=1S/C19H31BN4O4/c1-17(2,3)26-16(25)24-10-8-23(9-11-24)15-13-21-12-14(22-15)20-27-18(4,5)19(6,7)28-20/h12-13H,8-11H2,1-7H3/i8D2,9D2,10D2,11D2,12D,13D. The van der Waals surface area contributed by atoms with Crippen LogP contribution in [0, 0.1) is 0 Å². The van der Waals surface area contributed by atoms with Gasteiger partial charge in [0, 0.05) is 32.2 Å². The number of rotatable bonds is 2. The zero-order valence-corrected chi connectivity index (χ0v) is 17.0. The molecule has 3 rings (SSSR count). The maximum absolute atomic E-state index is 12.9. The number of nitrogens with zero attached hydrogens (tertiary/aromatic N) is 4. The van der Waals surface area contributed by atoms with Crippen LogP contribution in [0.4, 0.5) is 10.6 Å². The summed E-state index contributed by atoms with van der Waals surface area (Å²) in [6.45, 7) is -2.99. The van der Waals surface area contributed by atoms with E-state index in [0.29, 0.717) is 0 Å². The molecule has 0 saturated carbocycles. The Labute approximate surface area is 181 Å². The Morgan fingerprint density at radius 3 is 2.29 bits per heavy atom. The fourth-order valence-corrected chi connectivity index (χ4v) is 2.22. The Morgan fingerprint density at radius 2 is 1.75 bits per heavy atom. The molecule has 3 heterocycles. The second-order valence-corrected chi connectivity index (χ2v) is 8.34. The van der Waals surface area contributed by atoms with E-state index in [0.717, 1.165) is 0 Å². The van der Waals surface area contributed by atoms with E-state index >= 15 is 0 Å². The highest BCUT2D eigenvalue weighted by atomic mass is 16.7. The molecule has 154 valence electrons. The number of hydrogen-bond donors (Lipinski definition) is 0. The largest absolute Gasteiger partial charge is 0.516 e. The number of carbonyl (C=O) groups is 1. The van der Waals surface area contributed by atoms with Crippen molar-refractivity contribution in [2.45, 2.75) is 65.3 Å². The van der Waals surface area contributed by atoms with Crippen LogP contribution in [0.15, 0.2) is 12.3 Å². The Kier molecular flexibility index (Phi) is 2.91. The first-order valence-corrected chi connectivity index (χ1v) is 8.77. The Hall–Kier alpha value is -1.87. The monoisotopic (exact) mass is 400 g/mol. The number of piperazine rings is 1. The van der Waals surface area contributed by atoms with Crippen LogP contribution in [0.2, 0.25) is 0 Å². The number of aromatic nitrogens is 2. The summed E-state index contributed by atoms with van der Waals surface area (Å²) in [6.07, 6.45) is -3.14. The second-order valence-electron chi connectivity index (χ2n) is 8.34. The molecule has 1 aromatic rings. The van der Waals surface area contributed by atoms with Gasteiger partial charge in [-0.2, -0.15) is 0 Å². The maximum Gasteiger partial charge on any atom is 0.516 e. The summed E-state index contributed by atoms with van der Waals surface area (Å²) in [5.74, 6) is -0.919. The van der Waals surface area contributed by atoms with Crippen molar-refractivity contribution in [3.05, 3.63) is 12.3 Å². The summed E-state index contributed by atoms with van der Waals surface area (Å²) in [6, 6.07) is 0. The van der Waals surface area contributed by atoms with Gasteiger partial charge in [0.1, 0.15) is 11.4 Å². The van der Waals surface area contributed by atoms with E-state index in [2.05, 4.69) is 9.97 Å². The predicted molar refractivity (Wildman–Crippen MR) is 108 cm³/mol. The lowest BCUT2D eigenvalue weighted by Crippen LogP contribution is -2.50. The van der Waals surface area contributed by atoms with Crippen molar-refractivity contribution in [1.82, 2.24) is 14.9 Å². The van der Waals surface area contributed by atoms with Gasteiger partial charge in [-0.1, -0.05) is 0 Å². The molecule has 2 saturated heterocycles. The summed E-state index contributed by atoms with van der Waals surface area (Å²) in [5, 5.41) is 0. The third-order valence-corrected chi connectivity index (χ3v) is 4.36. The molecule has 0 aliphatic carbocycles. The summed E-state index contributed by atoms with van der Waals surface area (Å²) in [5.41, 5.74) is -3.36. The highest BCUT2D eigenvalue weighted by Crippen LogP contribution is 2.36. The summed E-state index contributed by atoms with van der Waals surface area (Å²) >= 11 is 0. The molecule has 2 aliphatic rings. The summed E-state index contributed by atoms with van der Waals surface area (Å²) in [7, 11) is -1.33. The Bertz CT molecular complexity index is 1100. The molecule has 9 heteroatoms. The van der Waals surface area contributed by atoms with Crippen LogP contribution in [-0.4, -0.2) is 70.9 Å². The highest BCUT2D eigenvalue weighted by Gasteiger charge is 2.52. The highest BCUT2D eigenvalue weighted by molar-refractivity contribution is 6.61.